The third-order valence-electron chi connectivity index (χ3n) is 6.40. The summed E-state index contributed by atoms with van der Waals surface area (Å²) < 4.78 is 17.3. The molecule has 208 valence electrons. The summed E-state index contributed by atoms with van der Waals surface area (Å²) >= 11 is 6.21. The molecular weight excluding hydrogens is 526 g/mol. The van der Waals surface area contributed by atoms with Crippen LogP contribution in [-0.4, -0.2) is 28.8 Å². The highest BCUT2D eigenvalue weighted by Crippen LogP contribution is 2.43. The summed E-state index contributed by atoms with van der Waals surface area (Å²) in [5.41, 5.74) is 5.51. The van der Waals surface area contributed by atoms with Crippen molar-refractivity contribution in [1.29, 1.82) is 0 Å². The number of carboxylic acid groups (broad SMARTS) is 1. The largest absolute Gasteiger partial charge is 0.497 e. The first-order chi connectivity index (χ1) is 19.0. The maximum atomic E-state index is 12.6. The van der Waals surface area contributed by atoms with Crippen LogP contribution in [-0.2, 0) is 16.1 Å². The van der Waals surface area contributed by atoms with Crippen LogP contribution in [0.25, 0.3) is 22.3 Å². The van der Waals surface area contributed by atoms with Crippen molar-refractivity contribution >= 4 is 17.6 Å². The van der Waals surface area contributed by atoms with E-state index in [0.29, 0.717) is 28.6 Å². The van der Waals surface area contributed by atoms with Crippen molar-refractivity contribution in [1.82, 2.24) is 4.98 Å². The van der Waals surface area contributed by atoms with Crippen LogP contribution < -0.4 is 9.47 Å². The summed E-state index contributed by atoms with van der Waals surface area (Å²) in [6, 6.07) is 22.9. The molecule has 0 saturated heterocycles. The molecule has 7 heteroatoms. The topological polar surface area (TPSA) is 77.9 Å². The summed E-state index contributed by atoms with van der Waals surface area (Å²) in [5, 5.41) is 10.9. The number of pyridine rings is 1. The molecular formula is C33H34ClNO5. The number of benzene rings is 3. The minimum atomic E-state index is -1.22. The number of hydrogen-bond donors (Lipinski definition) is 1. The normalized spacial score (nSPS) is 12.2. The first-order valence-electron chi connectivity index (χ1n) is 13.0. The molecule has 0 aliphatic carbocycles. The van der Waals surface area contributed by atoms with Gasteiger partial charge in [-0.1, -0.05) is 48.0 Å². The first kappa shape index (κ1) is 29.1. The Balaban J connectivity index is 1.79. The van der Waals surface area contributed by atoms with Crippen LogP contribution in [0.4, 0.5) is 0 Å². The van der Waals surface area contributed by atoms with E-state index in [-0.39, 0.29) is 0 Å². The minimum absolute atomic E-state index is 0.416. The Morgan fingerprint density at radius 2 is 1.40 bits per heavy atom. The predicted octanol–water partition coefficient (Wildman–Crippen LogP) is 8.21. The molecule has 1 N–H and O–H groups in total. The lowest BCUT2D eigenvalue weighted by atomic mass is 9.86. The summed E-state index contributed by atoms with van der Waals surface area (Å²) in [6.07, 6.45) is -1.22. The third kappa shape index (κ3) is 6.82. The monoisotopic (exact) mass is 559 g/mol. The van der Waals surface area contributed by atoms with Gasteiger partial charge in [-0.2, -0.15) is 0 Å². The highest BCUT2D eigenvalue weighted by Gasteiger charge is 2.33. The van der Waals surface area contributed by atoms with Crippen molar-refractivity contribution in [2.45, 2.75) is 52.9 Å². The summed E-state index contributed by atoms with van der Waals surface area (Å²) in [7, 11) is 1.64. The number of carboxylic acids is 1. The molecule has 0 aliphatic heterocycles. The Labute approximate surface area is 240 Å². The second kappa shape index (κ2) is 12.1. The molecule has 3 aromatic carbocycles. The number of methoxy groups -OCH3 is 1. The molecule has 0 spiro atoms. The van der Waals surface area contributed by atoms with Gasteiger partial charge in [0.05, 0.1) is 12.7 Å². The fraction of sp³-hybridized carbons (Fsp3) is 0.273. The van der Waals surface area contributed by atoms with Gasteiger partial charge >= 0.3 is 5.97 Å². The van der Waals surface area contributed by atoms with E-state index in [1.54, 1.807) is 19.2 Å². The zero-order valence-electron chi connectivity index (χ0n) is 23.6. The first-order valence-corrected chi connectivity index (χ1v) is 13.4. The van der Waals surface area contributed by atoms with E-state index in [0.717, 1.165) is 39.3 Å². The van der Waals surface area contributed by atoms with E-state index >= 15 is 0 Å². The van der Waals surface area contributed by atoms with E-state index in [1.807, 2.05) is 95.3 Å². The van der Waals surface area contributed by atoms with Crippen LogP contribution in [0, 0.1) is 13.8 Å². The second-order valence-corrected chi connectivity index (χ2v) is 11.0. The smallest absolute Gasteiger partial charge is 0.337 e. The lowest BCUT2D eigenvalue weighted by molar-refractivity contribution is -0.160. The van der Waals surface area contributed by atoms with Gasteiger partial charge in [0.15, 0.2) is 6.10 Å². The molecule has 0 bridgehead atoms. The number of nitrogens with zero attached hydrogens (tertiary/aromatic N) is 1. The van der Waals surface area contributed by atoms with Crippen molar-refractivity contribution in [3.05, 3.63) is 100 Å². The SMILES string of the molecule is COc1ccc(COc2ccc(-c3c(C)nc(C)c(C(OC(C)(C)C)C(=O)O)c3-c3ccc(Cl)cc3)cc2)cc1. The Bertz CT molecular complexity index is 1470. The van der Waals surface area contributed by atoms with Crippen molar-refractivity contribution in [3.63, 3.8) is 0 Å². The zero-order valence-corrected chi connectivity index (χ0v) is 24.4. The summed E-state index contributed by atoms with van der Waals surface area (Å²) in [6.45, 7) is 9.69. The quantitative estimate of drug-likeness (QED) is 0.222. The van der Waals surface area contributed by atoms with Crippen LogP contribution in [0.5, 0.6) is 11.5 Å². The molecule has 1 heterocycles. The second-order valence-electron chi connectivity index (χ2n) is 10.6. The highest BCUT2D eigenvalue weighted by molar-refractivity contribution is 6.30. The molecule has 0 fully saturated rings. The lowest BCUT2D eigenvalue weighted by Gasteiger charge is -2.29. The van der Waals surface area contributed by atoms with Crippen molar-refractivity contribution in [3.8, 4) is 33.8 Å². The van der Waals surface area contributed by atoms with E-state index < -0.39 is 17.7 Å². The van der Waals surface area contributed by atoms with Gasteiger partial charge < -0.3 is 19.3 Å². The van der Waals surface area contributed by atoms with Gasteiger partial charge in [0.1, 0.15) is 18.1 Å². The summed E-state index contributed by atoms with van der Waals surface area (Å²) in [4.78, 5) is 17.4. The van der Waals surface area contributed by atoms with Crippen molar-refractivity contribution < 1.29 is 24.1 Å². The van der Waals surface area contributed by atoms with Crippen LogP contribution >= 0.6 is 11.6 Å². The Morgan fingerprint density at radius 1 is 0.850 bits per heavy atom. The standard InChI is InChI=1S/C33H34ClNO5/c1-20-28(23-11-17-27(18-12-23)39-19-22-7-15-26(38-6)16-8-22)30(24-9-13-25(34)14-10-24)29(21(2)35-20)31(32(36)37)40-33(3,4)5/h7-18,31H,19H2,1-6H3,(H,36,37). The van der Waals surface area contributed by atoms with Crippen LogP contribution in [0.1, 0.15) is 49.4 Å². The highest BCUT2D eigenvalue weighted by atomic mass is 35.5. The zero-order chi connectivity index (χ0) is 29.0. The number of carbonyl (C=O) groups is 1. The Hall–Kier alpha value is -3.87. The fourth-order valence-corrected chi connectivity index (χ4v) is 4.77. The van der Waals surface area contributed by atoms with E-state index in [2.05, 4.69) is 0 Å². The predicted molar refractivity (Wildman–Crippen MR) is 158 cm³/mol. The van der Waals surface area contributed by atoms with Crippen molar-refractivity contribution in [2.24, 2.45) is 0 Å². The number of rotatable bonds is 9. The van der Waals surface area contributed by atoms with Crippen LogP contribution in [0.3, 0.4) is 0 Å². The number of ether oxygens (including phenoxy) is 3. The van der Waals surface area contributed by atoms with Gasteiger partial charge in [-0.05, 0) is 93.3 Å². The molecule has 1 aromatic heterocycles. The number of aryl methyl sites for hydroxylation is 2. The molecule has 0 aliphatic rings. The molecule has 0 radical (unpaired) electrons. The molecule has 1 atom stereocenters. The fourth-order valence-electron chi connectivity index (χ4n) is 4.65. The minimum Gasteiger partial charge on any atom is -0.497 e. The summed E-state index contributed by atoms with van der Waals surface area (Å²) in [5.74, 6) is 0.432. The van der Waals surface area contributed by atoms with E-state index in [9.17, 15) is 9.90 Å². The average Bonchev–Trinajstić information content (AvgIpc) is 2.91. The van der Waals surface area contributed by atoms with Crippen LogP contribution in [0.15, 0.2) is 72.8 Å². The number of halogens is 1. The molecule has 4 rings (SSSR count). The van der Waals surface area contributed by atoms with Gasteiger partial charge in [0.25, 0.3) is 0 Å². The average molecular weight is 560 g/mol. The lowest BCUT2D eigenvalue weighted by Crippen LogP contribution is -2.28. The van der Waals surface area contributed by atoms with Gasteiger partial charge in [-0.15, -0.1) is 0 Å². The molecule has 40 heavy (non-hydrogen) atoms. The molecule has 0 amide bonds. The van der Waals surface area contributed by atoms with Crippen LogP contribution in [0.2, 0.25) is 5.02 Å². The molecule has 6 nitrogen and oxygen atoms in total. The molecule has 1 unspecified atom stereocenters. The number of hydrogen-bond acceptors (Lipinski definition) is 5. The Morgan fingerprint density at radius 3 is 1.95 bits per heavy atom. The van der Waals surface area contributed by atoms with Gasteiger partial charge in [-0.25, -0.2) is 4.79 Å². The van der Waals surface area contributed by atoms with Gasteiger partial charge in [0, 0.05) is 27.5 Å². The van der Waals surface area contributed by atoms with E-state index in [1.165, 1.54) is 0 Å². The number of aromatic nitrogens is 1. The van der Waals surface area contributed by atoms with E-state index in [4.69, 9.17) is 30.8 Å². The Kier molecular flexibility index (Phi) is 8.82. The third-order valence-corrected chi connectivity index (χ3v) is 6.66. The van der Waals surface area contributed by atoms with Crippen molar-refractivity contribution in [2.75, 3.05) is 7.11 Å². The van der Waals surface area contributed by atoms with Gasteiger partial charge in [-0.3, -0.25) is 4.98 Å². The maximum absolute atomic E-state index is 12.6. The number of aliphatic carboxylic acids is 1. The molecule has 4 aromatic rings. The maximum Gasteiger partial charge on any atom is 0.337 e. The molecule has 0 saturated carbocycles. The van der Waals surface area contributed by atoms with Gasteiger partial charge in [0.2, 0.25) is 0 Å².